The third-order valence-corrected chi connectivity index (χ3v) is 2.64. The average molecular weight is 278 g/mol. The van der Waals surface area contributed by atoms with E-state index in [1.54, 1.807) is 25.1 Å². The first-order valence-electron chi connectivity index (χ1n) is 6.38. The molecule has 20 heavy (non-hydrogen) atoms. The number of carbonyl (C=O) groups is 2. The summed E-state index contributed by atoms with van der Waals surface area (Å²) < 4.78 is 0. The van der Waals surface area contributed by atoms with Crippen molar-refractivity contribution in [1.82, 2.24) is 5.32 Å². The maximum atomic E-state index is 12.0. The second-order valence-corrected chi connectivity index (χ2v) is 5.74. The van der Waals surface area contributed by atoms with Crippen molar-refractivity contribution in [1.29, 1.82) is 0 Å². The maximum Gasteiger partial charge on any atom is 0.250 e. The summed E-state index contributed by atoms with van der Waals surface area (Å²) in [7, 11) is 0. The number of para-hydroxylation sites is 1. The van der Waals surface area contributed by atoms with Crippen LogP contribution in [0.1, 0.15) is 38.1 Å². The molecule has 0 aliphatic heterocycles. The van der Waals surface area contributed by atoms with E-state index >= 15 is 0 Å². The molecule has 0 aliphatic rings. The van der Waals surface area contributed by atoms with E-state index in [1.807, 2.05) is 20.8 Å². The van der Waals surface area contributed by atoms with Crippen molar-refractivity contribution < 1.29 is 9.59 Å². The molecule has 0 bridgehead atoms. The average Bonchev–Trinajstić information content (AvgIpc) is 2.29. The number of hydrogen-bond donors (Lipinski definition) is 4. The second-order valence-electron chi connectivity index (χ2n) is 5.74. The van der Waals surface area contributed by atoms with E-state index in [9.17, 15) is 9.59 Å². The number of benzene rings is 1. The van der Waals surface area contributed by atoms with Crippen LogP contribution in [-0.2, 0) is 4.79 Å². The zero-order chi connectivity index (χ0) is 15.5. The molecular weight excluding hydrogens is 256 g/mol. The molecule has 0 aromatic heterocycles. The number of carbonyl (C=O) groups excluding carboxylic acids is 2. The molecule has 1 rings (SSSR count). The lowest BCUT2D eigenvalue weighted by molar-refractivity contribution is -0.122. The van der Waals surface area contributed by atoms with E-state index in [2.05, 4.69) is 10.6 Å². The van der Waals surface area contributed by atoms with Crippen molar-refractivity contribution >= 4 is 23.2 Å². The van der Waals surface area contributed by atoms with Gasteiger partial charge >= 0.3 is 0 Å². The van der Waals surface area contributed by atoms with E-state index in [1.165, 1.54) is 0 Å². The molecule has 6 nitrogen and oxygen atoms in total. The number of amides is 2. The maximum absolute atomic E-state index is 12.0. The second kappa shape index (κ2) is 5.81. The Morgan fingerprint density at radius 2 is 1.85 bits per heavy atom. The smallest absolute Gasteiger partial charge is 0.250 e. The molecule has 0 heterocycles. The first-order chi connectivity index (χ1) is 9.11. The highest BCUT2D eigenvalue weighted by Gasteiger charge is 2.20. The van der Waals surface area contributed by atoms with Gasteiger partial charge in [-0.05, 0) is 39.8 Å². The summed E-state index contributed by atoms with van der Waals surface area (Å²) in [5.74, 6) is -0.751. The van der Waals surface area contributed by atoms with Gasteiger partial charge in [-0.1, -0.05) is 6.07 Å². The minimum absolute atomic E-state index is 0.152. The Bertz CT molecular complexity index is 520. The standard InChI is InChI=1S/C14H22N4O2/c1-8(13(20)18-14(2,3)4)17-10-7-5-6-9(11(10)15)12(16)19/h5-8,17H,15H2,1-4H3,(H2,16,19)(H,18,20). The molecule has 6 heteroatoms. The van der Waals surface area contributed by atoms with Gasteiger partial charge in [0.05, 0.1) is 16.9 Å². The zero-order valence-electron chi connectivity index (χ0n) is 12.3. The van der Waals surface area contributed by atoms with E-state index < -0.39 is 11.9 Å². The molecule has 0 saturated heterocycles. The molecule has 0 aliphatic carbocycles. The topological polar surface area (TPSA) is 110 Å². The number of nitrogens with one attached hydrogen (secondary N) is 2. The molecule has 2 amide bonds. The SMILES string of the molecule is CC(Nc1cccc(C(N)=O)c1N)C(=O)NC(C)(C)C. The van der Waals surface area contributed by atoms with Gasteiger partial charge in [0.1, 0.15) is 6.04 Å². The molecule has 1 atom stereocenters. The quantitative estimate of drug-likeness (QED) is 0.618. The highest BCUT2D eigenvalue weighted by molar-refractivity contribution is 6.01. The first-order valence-corrected chi connectivity index (χ1v) is 6.38. The van der Waals surface area contributed by atoms with E-state index in [-0.39, 0.29) is 22.7 Å². The molecule has 1 unspecified atom stereocenters. The molecule has 1 aromatic carbocycles. The van der Waals surface area contributed by atoms with Crippen LogP contribution in [0.5, 0.6) is 0 Å². The van der Waals surface area contributed by atoms with Crippen LogP contribution in [0.25, 0.3) is 0 Å². The molecule has 0 fully saturated rings. The van der Waals surface area contributed by atoms with Gasteiger partial charge in [0, 0.05) is 5.54 Å². The van der Waals surface area contributed by atoms with Gasteiger partial charge < -0.3 is 22.1 Å². The van der Waals surface area contributed by atoms with Crippen molar-refractivity contribution in [3.63, 3.8) is 0 Å². The number of nitrogen functional groups attached to an aromatic ring is 1. The number of rotatable bonds is 4. The molecule has 6 N–H and O–H groups in total. The highest BCUT2D eigenvalue weighted by atomic mass is 16.2. The van der Waals surface area contributed by atoms with Crippen LogP contribution < -0.4 is 22.1 Å². The normalized spacial score (nSPS) is 12.6. The fourth-order valence-electron chi connectivity index (χ4n) is 1.68. The van der Waals surface area contributed by atoms with Gasteiger partial charge in [0.2, 0.25) is 5.91 Å². The van der Waals surface area contributed by atoms with E-state index in [0.29, 0.717) is 5.69 Å². The van der Waals surface area contributed by atoms with Gasteiger partial charge in [-0.3, -0.25) is 9.59 Å². The molecule has 110 valence electrons. The minimum Gasteiger partial charge on any atom is -0.396 e. The van der Waals surface area contributed by atoms with Crippen LogP contribution in [0.2, 0.25) is 0 Å². The number of hydrogen-bond acceptors (Lipinski definition) is 4. The fraction of sp³-hybridized carbons (Fsp3) is 0.429. The summed E-state index contributed by atoms with van der Waals surface area (Å²) in [6.45, 7) is 7.43. The Morgan fingerprint density at radius 1 is 1.25 bits per heavy atom. The van der Waals surface area contributed by atoms with Gasteiger partial charge in [-0.25, -0.2) is 0 Å². The lowest BCUT2D eigenvalue weighted by Gasteiger charge is -2.24. The predicted molar refractivity (Wildman–Crippen MR) is 80.4 cm³/mol. The Morgan fingerprint density at radius 3 is 2.35 bits per heavy atom. The van der Waals surface area contributed by atoms with Crippen LogP contribution in [-0.4, -0.2) is 23.4 Å². The van der Waals surface area contributed by atoms with Crippen LogP contribution in [0, 0.1) is 0 Å². The zero-order valence-corrected chi connectivity index (χ0v) is 12.3. The largest absolute Gasteiger partial charge is 0.396 e. The Labute approximate surface area is 118 Å². The Balaban J connectivity index is 2.86. The van der Waals surface area contributed by atoms with Gasteiger partial charge in [0.25, 0.3) is 5.91 Å². The number of primary amides is 1. The van der Waals surface area contributed by atoms with Crippen molar-refractivity contribution in [2.24, 2.45) is 5.73 Å². The summed E-state index contributed by atoms with van der Waals surface area (Å²) >= 11 is 0. The lowest BCUT2D eigenvalue weighted by Crippen LogP contribution is -2.47. The summed E-state index contributed by atoms with van der Waals surface area (Å²) in [6, 6.07) is 4.41. The fourth-order valence-corrected chi connectivity index (χ4v) is 1.68. The van der Waals surface area contributed by atoms with Crippen LogP contribution in [0.3, 0.4) is 0 Å². The molecule has 0 radical (unpaired) electrons. The van der Waals surface area contributed by atoms with Crippen molar-refractivity contribution in [2.75, 3.05) is 11.1 Å². The third kappa shape index (κ3) is 4.15. The van der Waals surface area contributed by atoms with Gasteiger partial charge in [-0.15, -0.1) is 0 Å². The first kappa shape index (κ1) is 15.8. The summed E-state index contributed by atoms with van der Waals surface area (Å²) in [5.41, 5.74) is 11.8. The third-order valence-electron chi connectivity index (χ3n) is 2.64. The van der Waals surface area contributed by atoms with Crippen molar-refractivity contribution in [3.05, 3.63) is 23.8 Å². The summed E-state index contributed by atoms with van der Waals surface area (Å²) in [5, 5.41) is 5.85. The Kier molecular flexibility index (Phi) is 4.60. The van der Waals surface area contributed by atoms with Crippen LogP contribution in [0.4, 0.5) is 11.4 Å². The summed E-state index contributed by atoms with van der Waals surface area (Å²) in [6.07, 6.45) is 0. The van der Waals surface area contributed by atoms with Crippen molar-refractivity contribution in [3.8, 4) is 0 Å². The molecule has 0 saturated carbocycles. The number of nitrogens with two attached hydrogens (primary N) is 2. The monoisotopic (exact) mass is 278 g/mol. The molecule has 1 aromatic rings. The van der Waals surface area contributed by atoms with E-state index in [4.69, 9.17) is 11.5 Å². The molecule has 0 spiro atoms. The lowest BCUT2D eigenvalue weighted by atomic mass is 10.1. The summed E-state index contributed by atoms with van der Waals surface area (Å²) in [4.78, 5) is 23.2. The van der Waals surface area contributed by atoms with E-state index in [0.717, 1.165) is 0 Å². The van der Waals surface area contributed by atoms with Crippen LogP contribution in [0.15, 0.2) is 18.2 Å². The van der Waals surface area contributed by atoms with Crippen molar-refractivity contribution in [2.45, 2.75) is 39.3 Å². The van der Waals surface area contributed by atoms with Gasteiger partial charge in [0.15, 0.2) is 0 Å². The predicted octanol–water partition coefficient (Wildman–Crippen LogP) is 1.08. The number of anilines is 2. The molecular formula is C14H22N4O2. The highest BCUT2D eigenvalue weighted by Crippen LogP contribution is 2.23. The minimum atomic E-state index is -0.599. The van der Waals surface area contributed by atoms with Crippen LogP contribution >= 0.6 is 0 Å². The Hall–Kier alpha value is -2.24. The van der Waals surface area contributed by atoms with Gasteiger partial charge in [-0.2, -0.15) is 0 Å².